The standard InChI is InChI=1S/C16H17FN2O/c1-12(7-8-15-6-3-9-20-15)19-11-14-5-2-4-13(10-18)16(14)17/h2-6,9,12,19H,7-8,11H2,1H3. The molecule has 20 heavy (non-hydrogen) atoms. The topological polar surface area (TPSA) is 49.0 Å². The molecule has 3 nitrogen and oxygen atoms in total. The van der Waals surface area contributed by atoms with Crippen LogP contribution in [0.15, 0.2) is 41.0 Å². The third-order valence-electron chi connectivity index (χ3n) is 3.24. The number of aryl methyl sites for hydroxylation is 1. The van der Waals surface area contributed by atoms with Crippen LogP contribution in [0.2, 0.25) is 0 Å². The lowest BCUT2D eigenvalue weighted by atomic mass is 10.1. The molecule has 1 heterocycles. The average Bonchev–Trinajstić information content (AvgIpc) is 2.97. The predicted octanol–water partition coefficient (Wildman–Crippen LogP) is 3.40. The zero-order valence-electron chi connectivity index (χ0n) is 11.4. The Kier molecular flexibility index (Phi) is 4.91. The van der Waals surface area contributed by atoms with Gasteiger partial charge < -0.3 is 9.73 Å². The normalized spacial score (nSPS) is 12.1. The van der Waals surface area contributed by atoms with Crippen LogP contribution in [0.4, 0.5) is 4.39 Å². The van der Waals surface area contributed by atoms with Crippen molar-refractivity contribution in [2.45, 2.75) is 32.4 Å². The molecule has 2 aromatic rings. The van der Waals surface area contributed by atoms with Gasteiger partial charge in [-0.15, -0.1) is 0 Å². The fraction of sp³-hybridized carbons (Fsp3) is 0.312. The fourth-order valence-electron chi connectivity index (χ4n) is 2.00. The van der Waals surface area contributed by atoms with Crippen molar-refractivity contribution in [3.63, 3.8) is 0 Å². The van der Waals surface area contributed by atoms with Gasteiger partial charge in [0, 0.05) is 24.6 Å². The molecule has 4 heteroatoms. The molecule has 0 aliphatic heterocycles. The molecule has 0 fully saturated rings. The zero-order valence-corrected chi connectivity index (χ0v) is 11.4. The van der Waals surface area contributed by atoms with E-state index in [4.69, 9.17) is 9.68 Å². The Bertz CT molecular complexity index is 587. The monoisotopic (exact) mass is 272 g/mol. The van der Waals surface area contributed by atoms with Crippen molar-refractivity contribution in [3.8, 4) is 6.07 Å². The van der Waals surface area contributed by atoms with Gasteiger partial charge in [0.1, 0.15) is 17.6 Å². The first-order valence-corrected chi connectivity index (χ1v) is 6.64. The van der Waals surface area contributed by atoms with Crippen LogP contribution in [0, 0.1) is 17.1 Å². The van der Waals surface area contributed by atoms with E-state index >= 15 is 0 Å². The van der Waals surface area contributed by atoms with Gasteiger partial charge in [0.25, 0.3) is 0 Å². The molecular weight excluding hydrogens is 255 g/mol. The number of hydrogen-bond donors (Lipinski definition) is 1. The number of furan rings is 1. The Hall–Kier alpha value is -2.12. The molecule has 0 radical (unpaired) electrons. The second-order valence-electron chi connectivity index (χ2n) is 4.79. The molecule has 1 atom stereocenters. The quantitative estimate of drug-likeness (QED) is 0.876. The Morgan fingerprint density at radius 3 is 2.90 bits per heavy atom. The van der Waals surface area contributed by atoms with Crippen molar-refractivity contribution in [2.24, 2.45) is 0 Å². The SMILES string of the molecule is CC(CCc1ccco1)NCc1cccc(C#N)c1F. The van der Waals surface area contributed by atoms with Crippen molar-refractivity contribution in [2.75, 3.05) is 0 Å². The van der Waals surface area contributed by atoms with Crippen LogP contribution in [0.1, 0.15) is 30.2 Å². The Morgan fingerprint density at radius 1 is 1.35 bits per heavy atom. The highest BCUT2D eigenvalue weighted by molar-refractivity contribution is 5.34. The molecule has 1 unspecified atom stereocenters. The molecule has 0 spiro atoms. The maximum Gasteiger partial charge on any atom is 0.145 e. The molecule has 0 aliphatic carbocycles. The van der Waals surface area contributed by atoms with Crippen molar-refractivity contribution in [1.29, 1.82) is 5.26 Å². The Morgan fingerprint density at radius 2 is 2.20 bits per heavy atom. The largest absolute Gasteiger partial charge is 0.469 e. The lowest BCUT2D eigenvalue weighted by Crippen LogP contribution is -2.26. The van der Waals surface area contributed by atoms with Crippen molar-refractivity contribution in [3.05, 3.63) is 59.3 Å². The molecule has 0 amide bonds. The van der Waals surface area contributed by atoms with E-state index in [1.807, 2.05) is 18.2 Å². The summed E-state index contributed by atoms with van der Waals surface area (Å²) in [6.07, 6.45) is 3.42. The van der Waals surface area contributed by atoms with Gasteiger partial charge in [-0.3, -0.25) is 0 Å². The third kappa shape index (κ3) is 3.69. The van der Waals surface area contributed by atoms with Gasteiger partial charge in [-0.25, -0.2) is 4.39 Å². The molecule has 0 saturated carbocycles. The second kappa shape index (κ2) is 6.88. The molecule has 1 aromatic carbocycles. The van der Waals surface area contributed by atoms with E-state index in [-0.39, 0.29) is 11.6 Å². The van der Waals surface area contributed by atoms with Crippen LogP contribution < -0.4 is 5.32 Å². The Labute approximate surface area is 118 Å². The van der Waals surface area contributed by atoms with Crippen LogP contribution in [0.5, 0.6) is 0 Å². The summed E-state index contributed by atoms with van der Waals surface area (Å²) in [5.41, 5.74) is 0.612. The highest BCUT2D eigenvalue weighted by Crippen LogP contribution is 2.12. The summed E-state index contributed by atoms with van der Waals surface area (Å²) < 4.78 is 19.1. The minimum absolute atomic E-state index is 0.0903. The first-order chi connectivity index (χ1) is 9.70. The van der Waals surface area contributed by atoms with Gasteiger partial charge in [0.15, 0.2) is 0 Å². The second-order valence-corrected chi connectivity index (χ2v) is 4.79. The summed E-state index contributed by atoms with van der Waals surface area (Å²) in [4.78, 5) is 0. The summed E-state index contributed by atoms with van der Waals surface area (Å²) in [6, 6.07) is 10.8. The van der Waals surface area contributed by atoms with Crippen LogP contribution in [-0.4, -0.2) is 6.04 Å². The number of nitrogens with one attached hydrogen (secondary N) is 1. The van der Waals surface area contributed by atoms with Gasteiger partial charge in [-0.2, -0.15) is 5.26 Å². The maximum absolute atomic E-state index is 13.9. The number of benzene rings is 1. The molecule has 1 N–H and O–H groups in total. The first kappa shape index (κ1) is 14.3. The molecule has 1 aromatic heterocycles. The smallest absolute Gasteiger partial charge is 0.145 e. The van der Waals surface area contributed by atoms with Gasteiger partial charge in [0.05, 0.1) is 11.8 Å². The van der Waals surface area contributed by atoms with Gasteiger partial charge in [-0.05, 0) is 31.5 Å². The minimum Gasteiger partial charge on any atom is -0.469 e. The fourth-order valence-corrected chi connectivity index (χ4v) is 2.00. The van der Waals surface area contributed by atoms with E-state index in [0.29, 0.717) is 12.1 Å². The first-order valence-electron chi connectivity index (χ1n) is 6.64. The minimum atomic E-state index is -0.430. The van der Waals surface area contributed by atoms with Crippen molar-refractivity contribution >= 4 is 0 Å². The molecule has 104 valence electrons. The van der Waals surface area contributed by atoms with Crippen LogP contribution in [-0.2, 0) is 13.0 Å². The number of rotatable bonds is 6. The van der Waals surface area contributed by atoms with E-state index in [2.05, 4.69) is 12.2 Å². The van der Waals surface area contributed by atoms with E-state index in [9.17, 15) is 4.39 Å². The summed E-state index contributed by atoms with van der Waals surface area (Å²) in [5.74, 6) is 0.525. The lowest BCUT2D eigenvalue weighted by molar-refractivity contribution is 0.456. The summed E-state index contributed by atoms with van der Waals surface area (Å²) in [6.45, 7) is 2.47. The molecule has 0 bridgehead atoms. The van der Waals surface area contributed by atoms with Crippen molar-refractivity contribution < 1.29 is 8.81 Å². The van der Waals surface area contributed by atoms with Crippen LogP contribution in [0.25, 0.3) is 0 Å². The van der Waals surface area contributed by atoms with Gasteiger partial charge in [0.2, 0.25) is 0 Å². The van der Waals surface area contributed by atoms with Crippen LogP contribution >= 0.6 is 0 Å². The summed E-state index contributed by atoms with van der Waals surface area (Å²) in [5, 5.41) is 12.1. The summed E-state index contributed by atoms with van der Waals surface area (Å²) in [7, 11) is 0. The van der Waals surface area contributed by atoms with Crippen molar-refractivity contribution in [1.82, 2.24) is 5.32 Å². The molecule has 0 saturated heterocycles. The third-order valence-corrected chi connectivity index (χ3v) is 3.24. The predicted molar refractivity (Wildman–Crippen MR) is 74.4 cm³/mol. The zero-order chi connectivity index (χ0) is 14.4. The number of nitriles is 1. The highest BCUT2D eigenvalue weighted by atomic mass is 19.1. The number of halogens is 1. The van der Waals surface area contributed by atoms with Crippen LogP contribution in [0.3, 0.4) is 0 Å². The summed E-state index contributed by atoms with van der Waals surface area (Å²) >= 11 is 0. The number of hydrogen-bond acceptors (Lipinski definition) is 3. The van der Waals surface area contributed by atoms with Gasteiger partial charge >= 0.3 is 0 Å². The maximum atomic E-state index is 13.9. The number of nitrogens with zero attached hydrogens (tertiary/aromatic N) is 1. The molecular formula is C16H17FN2O. The highest BCUT2D eigenvalue weighted by Gasteiger charge is 2.09. The lowest BCUT2D eigenvalue weighted by Gasteiger charge is -2.13. The molecule has 2 rings (SSSR count). The van der Waals surface area contributed by atoms with Gasteiger partial charge in [-0.1, -0.05) is 12.1 Å². The Balaban J connectivity index is 1.84. The van der Waals surface area contributed by atoms with E-state index in [1.54, 1.807) is 18.4 Å². The molecule has 0 aliphatic rings. The van der Waals surface area contributed by atoms with E-state index < -0.39 is 5.82 Å². The average molecular weight is 272 g/mol. The van der Waals surface area contributed by atoms with E-state index in [0.717, 1.165) is 18.6 Å². The van der Waals surface area contributed by atoms with E-state index in [1.165, 1.54) is 6.07 Å².